The summed E-state index contributed by atoms with van der Waals surface area (Å²) in [6, 6.07) is 0. The normalized spacial score (nSPS) is 16.7. The molecule has 2 rings (SSSR count). The first kappa shape index (κ1) is 17.7. The number of anilines is 1. The number of ether oxygens (including phenoxy) is 2. The molecule has 0 radical (unpaired) electrons. The third-order valence-electron chi connectivity index (χ3n) is 3.34. The van der Waals surface area contributed by atoms with Crippen LogP contribution in [0.5, 0.6) is 0 Å². The maximum atomic E-state index is 12.4. The zero-order valence-corrected chi connectivity index (χ0v) is 15.0. The average molecular weight is 341 g/mol. The van der Waals surface area contributed by atoms with E-state index < -0.39 is 11.0 Å². The minimum atomic E-state index is -0.621. The molecule has 1 aromatic rings. The third kappa shape index (κ3) is 4.42. The standard InChI is InChI=1S/C15H23N3O4S/c1-14(2,3)22-13(20)18-8-15(4,9-18)11(19)17-12-16-6-10(23-12)7-21-5/h6H,7-9H2,1-5H3,(H,16,17,19). The van der Waals surface area contributed by atoms with Crippen LogP contribution in [0.2, 0.25) is 0 Å². The van der Waals surface area contributed by atoms with E-state index >= 15 is 0 Å². The third-order valence-corrected chi connectivity index (χ3v) is 4.23. The Labute approximate surface area is 140 Å². The van der Waals surface area contributed by atoms with Gasteiger partial charge in [0, 0.05) is 26.4 Å². The molecule has 0 aromatic carbocycles. The summed E-state index contributed by atoms with van der Waals surface area (Å²) in [7, 11) is 1.61. The number of methoxy groups -OCH3 is 1. The minimum Gasteiger partial charge on any atom is -0.444 e. The Balaban J connectivity index is 1.87. The summed E-state index contributed by atoms with van der Waals surface area (Å²) >= 11 is 1.38. The summed E-state index contributed by atoms with van der Waals surface area (Å²) in [6.45, 7) is 8.42. The smallest absolute Gasteiger partial charge is 0.410 e. The van der Waals surface area contributed by atoms with Crippen molar-refractivity contribution in [2.75, 3.05) is 25.5 Å². The lowest BCUT2D eigenvalue weighted by Gasteiger charge is -2.46. The van der Waals surface area contributed by atoms with Gasteiger partial charge in [-0.2, -0.15) is 0 Å². The van der Waals surface area contributed by atoms with Gasteiger partial charge in [0.15, 0.2) is 5.13 Å². The monoisotopic (exact) mass is 341 g/mol. The van der Waals surface area contributed by atoms with Crippen molar-refractivity contribution in [1.82, 2.24) is 9.88 Å². The van der Waals surface area contributed by atoms with Crippen LogP contribution in [0.1, 0.15) is 32.6 Å². The highest BCUT2D eigenvalue weighted by Gasteiger charge is 2.48. The average Bonchev–Trinajstić information content (AvgIpc) is 2.80. The molecule has 8 heteroatoms. The van der Waals surface area contributed by atoms with Crippen LogP contribution in [0.15, 0.2) is 6.20 Å². The first-order valence-corrected chi connectivity index (χ1v) is 8.18. The van der Waals surface area contributed by atoms with Crippen LogP contribution in [0.3, 0.4) is 0 Å². The molecular formula is C15H23N3O4S. The van der Waals surface area contributed by atoms with Crippen molar-refractivity contribution in [2.45, 2.75) is 39.9 Å². The van der Waals surface area contributed by atoms with E-state index in [2.05, 4.69) is 10.3 Å². The van der Waals surface area contributed by atoms with Crippen LogP contribution in [-0.2, 0) is 20.9 Å². The summed E-state index contributed by atoms with van der Waals surface area (Å²) in [5.41, 5.74) is -1.16. The number of thiazole rings is 1. The number of amides is 2. The number of nitrogens with zero attached hydrogens (tertiary/aromatic N) is 2. The van der Waals surface area contributed by atoms with Gasteiger partial charge in [0.1, 0.15) is 5.60 Å². The Bertz CT molecular complexity index is 588. The van der Waals surface area contributed by atoms with Crippen molar-refractivity contribution in [1.29, 1.82) is 0 Å². The largest absolute Gasteiger partial charge is 0.444 e. The molecule has 0 unspecified atom stereocenters. The van der Waals surface area contributed by atoms with E-state index in [9.17, 15) is 9.59 Å². The van der Waals surface area contributed by atoms with Crippen molar-refractivity contribution >= 4 is 28.5 Å². The summed E-state index contributed by atoms with van der Waals surface area (Å²) in [4.78, 5) is 30.9. The molecule has 0 aliphatic carbocycles. The van der Waals surface area contributed by atoms with Crippen LogP contribution >= 0.6 is 11.3 Å². The molecule has 0 bridgehead atoms. The van der Waals surface area contributed by atoms with Gasteiger partial charge in [-0.25, -0.2) is 9.78 Å². The number of hydrogen-bond donors (Lipinski definition) is 1. The second kappa shape index (κ2) is 6.45. The molecule has 0 atom stereocenters. The Morgan fingerprint density at radius 2 is 2.09 bits per heavy atom. The number of carbonyl (C=O) groups is 2. The molecule has 1 saturated heterocycles. The van der Waals surface area contributed by atoms with E-state index in [1.165, 1.54) is 16.2 Å². The Kier molecular flexibility index (Phi) is 4.95. The van der Waals surface area contributed by atoms with Crippen molar-refractivity contribution in [3.8, 4) is 0 Å². The molecule has 1 aliphatic rings. The minimum absolute atomic E-state index is 0.143. The molecule has 23 heavy (non-hydrogen) atoms. The van der Waals surface area contributed by atoms with Crippen LogP contribution in [0, 0.1) is 5.41 Å². The lowest BCUT2D eigenvalue weighted by Crippen LogP contribution is -2.62. The second-order valence-corrected chi connectivity index (χ2v) is 8.03. The fourth-order valence-corrected chi connectivity index (χ4v) is 3.00. The first-order chi connectivity index (χ1) is 10.6. The zero-order valence-electron chi connectivity index (χ0n) is 14.1. The van der Waals surface area contributed by atoms with Gasteiger partial charge in [-0.1, -0.05) is 11.3 Å². The van der Waals surface area contributed by atoms with Crippen molar-refractivity contribution < 1.29 is 19.1 Å². The molecule has 1 N–H and O–H groups in total. The van der Waals surface area contributed by atoms with E-state index in [1.54, 1.807) is 13.3 Å². The molecule has 2 amide bonds. The predicted molar refractivity (Wildman–Crippen MR) is 87.4 cm³/mol. The number of rotatable bonds is 4. The summed E-state index contributed by atoms with van der Waals surface area (Å²) in [5, 5.41) is 3.35. The number of carbonyl (C=O) groups excluding carboxylic acids is 2. The van der Waals surface area contributed by atoms with Crippen LogP contribution < -0.4 is 5.32 Å². The molecule has 1 fully saturated rings. The lowest BCUT2D eigenvalue weighted by molar-refractivity contribution is -0.133. The molecule has 1 aliphatic heterocycles. The SMILES string of the molecule is COCc1cnc(NC(=O)C2(C)CN(C(=O)OC(C)(C)C)C2)s1. The number of likely N-dealkylation sites (tertiary alicyclic amines) is 1. The van der Waals surface area contributed by atoms with Gasteiger partial charge < -0.3 is 19.7 Å². The van der Waals surface area contributed by atoms with Gasteiger partial charge in [0.25, 0.3) is 0 Å². The van der Waals surface area contributed by atoms with Crippen LogP contribution in [0.4, 0.5) is 9.93 Å². The Morgan fingerprint density at radius 3 is 2.65 bits per heavy atom. The van der Waals surface area contributed by atoms with Gasteiger partial charge in [-0.15, -0.1) is 0 Å². The highest BCUT2D eigenvalue weighted by atomic mass is 32.1. The van der Waals surface area contributed by atoms with E-state index in [4.69, 9.17) is 9.47 Å². The first-order valence-electron chi connectivity index (χ1n) is 7.36. The van der Waals surface area contributed by atoms with Gasteiger partial charge in [0.2, 0.25) is 5.91 Å². The molecular weight excluding hydrogens is 318 g/mol. The van der Waals surface area contributed by atoms with E-state index in [1.807, 2.05) is 27.7 Å². The predicted octanol–water partition coefficient (Wildman–Crippen LogP) is 2.49. The molecule has 0 saturated carbocycles. The highest BCUT2D eigenvalue weighted by molar-refractivity contribution is 7.15. The van der Waals surface area contributed by atoms with Crippen molar-refractivity contribution in [2.24, 2.45) is 5.41 Å². The summed E-state index contributed by atoms with van der Waals surface area (Å²) in [5.74, 6) is -0.143. The van der Waals surface area contributed by atoms with E-state index in [0.29, 0.717) is 24.8 Å². The van der Waals surface area contributed by atoms with Gasteiger partial charge in [-0.05, 0) is 27.7 Å². The molecule has 128 valence electrons. The summed E-state index contributed by atoms with van der Waals surface area (Å²) < 4.78 is 10.3. The fraction of sp³-hybridized carbons (Fsp3) is 0.667. The Morgan fingerprint density at radius 1 is 1.43 bits per heavy atom. The van der Waals surface area contributed by atoms with Crippen molar-refractivity contribution in [3.63, 3.8) is 0 Å². The van der Waals surface area contributed by atoms with Gasteiger partial charge >= 0.3 is 6.09 Å². The number of hydrogen-bond acceptors (Lipinski definition) is 6. The zero-order chi connectivity index (χ0) is 17.3. The van der Waals surface area contributed by atoms with Crippen LogP contribution in [-0.4, -0.2) is 47.7 Å². The van der Waals surface area contributed by atoms with E-state index in [0.717, 1.165) is 4.88 Å². The topological polar surface area (TPSA) is 80.8 Å². The maximum Gasteiger partial charge on any atom is 0.410 e. The second-order valence-electron chi connectivity index (χ2n) is 6.92. The lowest BCUT2D eigenvalue weighted by atomic mass is 9.81. The quantitative estimate of drug-likeness (QED) is 0.910. The molecule has 2 heterocycles. The Hall–Kier alpha value is -1.67. The van der Waals surface area contributed by atoms with Gasteiger partial charge in [-0.3, -0.25) is 4.79 Å². The maximum absolute atomic E-state index is 12.4. The summed E-state index contributed by atoms with van der Waals surface area (Å²) in [6.07, 6.45) is 1.29. The molecule has 0 spiro atoms. The molecule has 7 nitrogen and oxygen atoms in total. The number of nitrogens with one attached hydrogen (secondary N) is 1. The number of aromatic nitrogens is 1. The van der Waals surface area contributed by atoms with E-state index in [-0.39, 0.29) is 12.0 Å². The van der Waals surface area contributed by atoms with Gasteiger partial charge in [0.05, 0.1) is 16.9 Å². The van der Waals surface area contributed by atoms with Crippen molar-refractivity contribution in [3.05, 3.63) is 11.1 Å². The molecule has 1 aromatic heterocycles. The highest BCUT2D eigenvalue weighted by Crippen LogP contribution is 2.33. The fourth-order valence-electron chi connectivity index (χ4n) is 2.22. The van der Waals surface area contributed by atoms with Crippen LogP contribution in [0.25, 0.3) is 0 Å².